The number of aromatic nitrogens is 1. The zero-order valence-electron chi connectivity index (χ0n) is 10.1. The Bertz CT molecular complexity index is 412. The summed E-state index contributed by atoms with van der Waals surface area (Å²) in [6.07, 6.45) is 4.96. The predicted molar refractivity (Wildman–Crippen MR) is 65.3 cm³/mol. The first-order valence-corrected chi connectivity index (χ1v) is 6.08. The van der Waals surface area contributed by atoms with Crippen molar-refractivity contribution < 1.29 is 9.90 Å². The smallest absolute Gasteiger partial charge is 0.337 e. The van der Waals surface area contributed by atoms with E-state index < -0.39 is 5.97 Å². The van der Waals surface area contributed by atoms with Crippen molar-refractivity contribution in [2.24, 2.45) is 0 Å². The van der Waals surface area contributed by atoms with Crippen molar-refractivity contribution in [3.63, 3.8) is 0 Å². The molecule has 0 aliphatic carbocycles. The molecule has 92 valence electrons. The monoisotopic (exact) mass is 234 g/mol. The first-order valence-electron chi connectivity index (χ1n) is 6.08. The topological polar surface area (TPSA) is 53.4 Å². The summed E-state index contributed by atoms with van der Waals surface area (Å²) in [4.78, 5) is 17.5. The number of carboxylic acid groups (broad SMARTS) is 1. The second-order valence-corrected chi connectivity index (χ2v) is 4.59. The fraction of sp³-hybridized carbons (Fsp3) is 0.538. The lowest BCUT2D eigenvalue weighted by Gasteiger charge is -2.14. The molecule has 0 radical (unpaired) electrons. The molecule has 0 unspecified atom stereocenters. The van der Waals surface area contributed by atoms with Gasteiger partial charge in [-0.25, -0.2) is 4.79 Å². The molecule has 0 atom stereocenters. The van der Waals surface area contributed by atoms with Gasteiger partial charge in [0.05, 0.1) is 5.56 Å². The summed E-state index contributed by atoms with van der Waals surface area (Å²) in [5.41, 5.74) is 2.08. The molecule has 0 spiro atoms. The van der Waals surface area contributed by atoms with Crippen LogP contribution in [0.3, 0.4) is 0 Å². The summed E-state index contributed by atoms with van der Waals surface area (Å²) in [5, 5.41) is 8.91. The van der Waals surface area contributed by atoms with Crippen LogP contribution in [0, 0.1) is 6.92 Å². The van der Waals surface area contributed by atoms with Gasteiger partial charge in [-0.15, -0.1) is 0 Å². The molecule has 4 heteroatoms. The lowest BCUT2D eigenvalue weighted by molar-refractivity contribution is 0.0695. The van der Waals surface area contributed by atoms with E-state index in [2.05, 4.69) is 9.88 Å². The van der Waals surface area contributed by atoms with Crippen molar-refractivity contribution in [1.82, 2.24) is 9.88 Å². The molecule has 0 bridgehead atoms. The maximum absolute atomic E-state index is 10.9. The third kappa shape index (κ3) is 3.03. The van der Waals surface area contributed by atoms with Crippen molar-refractivity contribution >= 4 is 5.97 Å². The average molecular weight is 234 g/mol. The fourth-order valence-electron chi connectivity index (χ4n) is 2.25. The van der Waals surface area contributed by atoms with E-state index in [4.69, 9.17) is 5.11 Å². The van der Waals surface area contributed by atoms with E-state index in [0.29, 0.717) is 5.56 Å². The molecular formula is C13H18N2O2. The number of hydrogen-bond acceptors (Lipinski definition) is 3. The van der Waals surface area contributed by atoms with E-state index in [-0.39, 0.29) is 0 Å². The summed E-state index contributed by atoms with van der Waals surface area (Å²) < 4.78 is 0. The Labute approximate surface area is 101 Å². The highest BCUT2D eigenvalue weighted by Gasteiger charge is 2.12. The largest absolute Gasteiger partial charge is 0.478 e. The Morgan fingerprint density at radius 1 is 1.47 bits per heavy atom. The average Bonchev–Trinajstić information content (AvgIpc) is 2.78. The highest BCUT2D eigenvalue weighted by atomic mass is 16.4. The summed E-state index contributed by atoms with van der Waals surface area (Å²) in [6.45, 7) is 5.22. The summed E-state index contributed by atoms with van der Waals surface area (Å²) >= 11 is 0. The van der Waals surface area contributed by atoms with E-state index in [1.54, 1.807) is 0 Å². The summed E-state index contributed by atoms with van der Waals surface area (Å²) in [5.74, 6) is -0.902. The van der Waals surface area contributed by atoms with Gasteiger partial charge in [0, 0.05) is 24.9 Å². The Hall–Kier alpha value is -1.42. The van der Waals surface area contributed by atoms with Crippen LogP contribution in [0.15, 0.2) is 12.3 Å². The molecule has 1 aliphatic heterocycles. The maximum atomic E-state index is 10.9. The first kappa shape index (κ1) is 12.0. The minimum absolute atomic E-state index is 0.301. The van der Waals surface area contributed by atoms with E-state index >= 15 is 0 Å². The van der Waals surface area contributed by atoms with Crippen LogP contribution in [0.1, 0.15) is 34.5 Å². The van der Waals surface area contributed by atoms with E-state index in [9.17, 15) is 4.79 Å². The molecule has 1 fully saturated rings. The number of pyridine rings is 1. The number of likely N-dealkylation sites (tertiary alicyclic amines) is 1. The van der Waals surface area contributed by atoms with Crippen molar-refractivity contribution in [3.8, 4) is 0 Å². The van der Waals surface area contributed by atoms with Gasteiger partial charge < -0.3 is 10.0 Å². The van der Waals surface area contributed by atoms with E-state index in [1.807, 2.05) is 13.0 Å². The van der Waals surface area contributed by atoms with E-state index in [0.717, 1.165) is 24.2 Å². The molecule has 0 amide bonds. The molecule has 1 aliphatic rings. The molecular weight excluding hydrogens is 216 g/mol. The van der Waals surface area contributed by atoms with Gasteiger partial charge >= 0.3 is 5.97 Å². The molecule has 1 aromatic rings. The lowest BCUT2D eigenvalue weighted by atomic mass is 10.1. The van der Waals surface area contributed by atoms with Crippen LogP contribution >= 0.6 is 0 Å². The second kappa shape index (κ2) is 5.27. The standard InChI is InChI=1S/C13H18N2O2/c1-10-8-11(14-9-12(10)13(16)17)4-7-15-5-2-3-6-15/h8-9H,2-7H2,1H3,(H,16,17). The number of rotatable bonds is 4. The Kier molecular flexibility index (Phi) is 3.74. The third-order valence-electron chi connectivity index (χ3n) is 3.28. The Balaban J connectivity index is 1.97. The van der Waals surface area contributed by atoms with Crippen LogP contribution in [0.2, 0.25) is 0 Å². The highest BCUT2D eigenvalue weighted by molar-refractivity contribution is 5.88. The number of carbonyl (C=O) groups is 1. The minimum atomic E-state index is -0.902. The van der Waals surface area contributed by atoms with Crippen molar-refractivity contribution in [3.05, 3.63) is 29.1 Å². The second-order valence-electron chi connectivity index (χ2n) is 4.59. The zero-order valence-corrected chi connectivity index (χ0v) is 10.1. The number of aromatic carboxylic acids is 1. The SMILES string of the molecule is Cc1cc(CCN2CCCC2)ncc1C(=O)O. The molecule has 0 aromatic carbocycles. The van der Waals surface area contributed by atoms with Gasteiger partial charge in [-0.2, -0.15) is 0 Å². The van der Waals surface area contributed by atoms with Gasteiger partial charge in [0.15, 0.2) is 0 Å². The molecule has 0 saturated carbocycles. The van der Waals surface area contributed by atoms with Gasteiger partial charge in [-0.3, -0.25) is 4.98 Å². The van der Waals surface area contributed by atoms with Crippen LogP contribution in [0.5, 0.6) is 0 Å². The molecule has 1 N–H and O–H groups in total. The summed E-state index contributed by atoms with van der Waals surface area (Å²) in [7, 11) is 0. The van der Waals surface area contributed by atoms with Gasteiger partial charge in [0.2, 0.25) is 0 Å². The van der Waals surface area contributed by atoms with Crippen molar-refractivity contribution in [1.29, 1.82) is 0 Å². The molecule has 2 heterocycles. The Morgan fingerprint density at radius 3 is 2.76 bits per heavy atom. The fourth-order valence-corrected chi connectivity index (χ4v) is 2.25. The van der Waals surface area contributed by atoms with Crippen LogP contribution in [-0.2, 0) is 6.42 Å². The quantitative estimate of drug-likeness (QED) is 0.862. The zero-order chi connectivity index (χ0) is 12.3. The number of aryl methyl sites for hydroxylation is 1. The molecule has 17 heavy (non-hydrogen) atoms. The van der Waals surface area contributed by atoms with Gasteiger partial charge in [0.25, 0.3) is 0 Å². The highest BCUT2D eigenvalue weighted by Crippen LogP contribution is 2.11. The van der Waals surface area contributed by atoms with Crippen LogP contribution in [-0.4, -0.2) is 40.6 Å². The first-order chi connectivity index (χ1) is 8.16. The van der Waals surface area contributed by atoms with Gasteiger partial charge in [0.1, 0.15) is 0 Å². The maximum Gasteiger partial charge on any atom is 0.337 e. The summed E-state index contributed by atoms with van der Waals surface area (Å²) in [6, 6.07) is 1.89. The van der Waals surface area contributed by atoms with Gasteiger partial charge in [-0.1, -0.05) is 0 Å². The van der Waals surface area contributed by atoms with Crippen LogP contribution in [0.4, 0.5) is 0 Å². The number of nitrogens with zero attached hydrogens (tertiary/aromatic N) is 2. The third-order valence-corrected chi connectivity index (χ3v) is 3.28. The van der Waals surface area contributed by atoms with Gasteiger partial charge in [-0.05, 0) is 44.5 Å². The van der Waals surface area contributed by atoms with E-state index in [1.165, 1.54) is 32.1 Å². The van der Waals surface area contributed by atoms with Crippen LogP contribution in [0.25, 0.3) is 0 Å². The lowest BCUT2D eigenvalue weighted by Crippen LogP contribution is -2.22. The van der Waals surface area contributed by atoms with Crippen LogP contribution < -0.4 is 0 Å². The predicted octanol–water partition coefficient (Wildman–Crippen LogP) is 1.73. The Morgan fingerprint density at radius 2 is 2.18 bits per heavy atom. The van der Waals surface area contributed by atoms with Crippen molar-refractivity contribution in [2.45, 2.75) is 26.2 Å². The molecule has 2 rings (SSSR count). The van der Waals surface area contributed by atoms with Crippen molar-refractivity contribution in [2.75, 3.05) is 19.6 Å². The molecule has 4 nitrogen and oxygen atoms in total. The molecule has 1 aromatic heterocycles. The normalized spacial score (nSPS) is 16.3. The number of carboxylic acids is 1. The molecule has 1 saturated heterocycles. The minimum Gasteiger partial charge on any atom is -0.478 e. The number of hydrogen-bond donors (Lipinski definition) is 1.